The van der Waals surface area contributed by atoms with Gasteiger partial charge in [-0.15, -0.1) is 0 Å². The van der Waals surface area contributed by atoms with Gasteiger partial charge in [0, 0.05) is 0 Å². The number of hydrogen-bond donors (Lipinski definition) is 0. The normalized spacial score (nSPS) is 22.8. The predicted molar refractivity (Wildman–Crippen MR) is 40.3 cm³/mol. The van der Waals surface area contributed by atoms with E-state index in [4.69, 9.17) is 12.2 Å². The van der Waals surface area contributed by atoms with Gasteiger partial charge in [-0.05, 0) is 30.5 Å². The molecule has 0 unspecified atom stereocenters. The Morgan fingerprint density at radius 1 is 0.875 bits per heavy atom. The fraction of sp³-hybridized carbons (Fsp3) is 0.857. The van der Waals surface area contributed by atoms with E-state index in [-0.39, 0.29) is 0 Å². The largest absolute Gasteiger partial charge is 0.0897 e. The summed E-state index contributed by atoms with van der Waals surface area (Å²) in [7, 11) is 0. The van der Waals surface area contributed by atoms with Gasteiger partial charge < -0.3 is 0 Å². The van der Waals surface area contributed by atoms with Crippen molar-refractivity contribution in [3.8, 4) is 0 Å². The maximum Gasteiger partial charge on any atom is -0.00715 e. The molecule has 0 radical (unpaired) electrons. The summed E-state index contributed by atoms with van der Waals surface area (Å²) in [4.78, 5) is 1.31. The number of rotatable bonds is 0. The molecule has 1 heteroatoms. The third-order valence-corrected chi connectivity index (χ3v) is 2.07. The molecule has 0 spiro atoms. The minimum absolute atomic E-state index is 1.22. The molecule has 46 valence electrons. The van der Waals surface area contributed by atoms with Crippen molar-refractivity contribution >= 4 is 17.1 Å². The van der Waals surface area contributed by atoms with Crippen molar-refractivity contribution in [2.75, 3.05) is 0 Å². The summed E-state index contributed by atoms with van der Waals surface area (Å²) in [6.45, 7) is 0. The SMILES string of the molecule is S=C1CCCCCC1. The van der Waals surface area contributed by atoms with E-state index >= 15 is 0 Å². The van der Waals surface area contributed by atoms with Crippen LogP contribution in [0.15, 0.2) is 0 Å². The Morgan fingerprint density at radius 2 is 1.38 bits per heavy atom. The number of thiocarbonyl (C=S) groups is 1. The molecule has 0 bridgehead atoms. The molecule has 0 amide bonds. The summed E-state index contributed by atoms with van der Waals surface area (Å²) < 4.78 is 0. The second-order valence-electron chi connectivity index (χ2n) is 2.45. The lowest BCUT2D eigenvalue weighted by Crippen LogP contribution is -1.88. The lowest BCUT2D eigenvalue weighted by atomic mass is 10.2. The minimum Gasteiger partial charge on any atom is -0.0897 e. The van der Waals surface area contributed by atoms with E-state index in [1.165, 1.54) is 43.4 Å². The molecule has 1 aliphatic carbocycles. The Labute approximate surface area is 56.3 Å². The summed E-state index contributed by atoms with van der Waals surface area (Å²) >= 11 is 5.09. The molecule has 0 atom stereocenters. The third kappa shape index (κ3) is 1.91. The highest BCUT2D eigenvalue weighted by molar-refractivity contribution is 7.80. The molecule has 0 aromatic heterocycles. The van der Waals surface area contributed by atoms with E-state index in [0.717, 1.165) is 0 Å². The second-order valence-corrected chi connectivity index (χ2v) is 3.03. The van der Waals surface area contributed by atoms with E-state index in [1.54, 1.807) is 0 Å². The molecular formula is C7H12S. The first-order valence-corrected chi connectivity index (χ1v) is 3.82. The van der Waals surface area contributed by atoms with Gasteiger partial charge in [-0.3, -0.25) is 0 Å². The molecule has 1 saturated carbocycles. The van der Waals surface area contributed by atoms with E-state index in [1.807, 2.05) is 0 Å². The molecule has 0 aromatic rings. The minimum atomic E-state index is 1.22. The molecule has 0 heterocycles. The third-order valence-electron chi connectivity index (χ3n) is 1.66. The van der Waals surface area contributed by atoms with Gasteiger partial charge in [0.05, 0.1) is 0 Å². The first kappa shape index (κ1) is 6.21. The first-order chi connectivity index (χ1) is 3.89. The van der Waals surface area contributed by atoms with Crippen LogP contribution in [-0.4, -0.2) is 4.86 Å². The maximum atomic E-state index is 5.09. The van der Waals surface area contributed by atoms with Crippen molar-refractivity contribution in [2.24, 2.45) is 0 Å². The van der Waals surface area contributed by atoms with Gasteiger partial charge >= 0.3 is 0 Å². The van der Waals surface area contributed by atoms with Crippen molar-refractivity contribution in [3.63, 3.8) is 0 Å². The maximum absolute atomic E-state index is 5.09. The summed E-state index contributed by atoms with van der Waals surface area (Å²) in [5.41, 5.74) is 0. The van der Waals surface area contributed by atoms with Gasteiger partial charge in [-0.25, -0.2) is 0 Å². The molecule has 1 aliphatic rings. The van der Waals surface area contributed by atoms with Gasteiger partial charge in [0.2, 0.25) is 0 Å². The zero-order valence-electron chi connectivity index (χ0n) is 5.15. The predicted octanol–water partition coefficient (Wildman–Crippen LogP) is 2.71. The highest BCUT2D eigenvalue weighted by atomic mass is 32.1. The molecular weight excluding hydrogens is 116 g/mol. The van der Waals surface area contributed by atoms with Crippen molar-refractivity contribution in [1.29, 1.82) is 0 Å². The van der Waals surface area contributed by atoms with Crippen LogP contribution >= 0.6 is 12.2 Å². The van der Waals surface area contributed by atoms with E-state index in [2.05, 4.69) is 0 Å². The Bertz CT molecular complexity index is 76.4. The molecule has 0 aromatic carbocycles. The van der Waals surface area contributed by atoms with E-state index in [9.17, 15) is 0 Å². The monoisotopic (exact) mass is 128 g/mol. The molecule has 0 aliphatic heterocycles. The van der Waals surface area contributed by atoms with Gasteiger partial charge in [-0.1, -0.05) is 25.1 Å². The Kier molecular flexibility index (Phi) is 2.47. The average molecular weight is 128 g/mol. The molecule has 8 heavy (non-hydrogen) atoms. The molecule has 1 fully saturated rings. The summed E-state index contributed by atoms with van der Waals surface area (Å²) in [5, 5.41) is 0. The van der Waals surface area contributed by atoms with Crippen LogP contribution in [0.1, 0.15) is 38.5 Å². The molecule has 1 rings (SSSR count). The molecule has 0 saturated heterocycles. The zero-order chi connectivity index (χ0) is 5.82. The van der Waals surface area contributed by atoms with Gasteiger partial charge in [0.1, 0.15) is 0 Å². The Morgan fingerprint density at radius 3 is 1.88 bits per heavy atom. The van der Waals surface area contributed by atoms with Crippen LogP contribution in [-0.2, 0) is 0 Å². The number of hydrogen-bond acceptors (Lipinski definition) is 1. The van der Waals surface area contributed by atoms with Crippen molar-refractivity contribution in [3.05, 3.63) is 0 Å². The Hall–Kier alpha value is 0.0900. The highest BCUT2D eigenvalue weighted by Gasteiger charge is 2.01. The van der Waals surface area contributed by atoms with Crippen molar-refractivity contribution in [2.45, 2.75) is 38.5 Å². The summed E-state index contributed by atoms with van der Waals surface area (Å²) in [6, 6.07) is 0. The summed E-state index contributed by atoms with van der Waals surface area (Å²) in [5.74, 6) is 0. The van der Waals surface area contributed by atoms with Crippen LogP contribution in [0.5, 0.6) is 0 Å². The lowest BCUT2D eigenvalue weighted by molar-refractivity contribution is 0.702. The average Bonchev–Trinajstić information content (AvgIpc) is 1.94. The van der Waals surface area contributed by atoms with Gasteiger partial charge in [0.15, 0.2) is 0 Å². The fourth-order valence-electron chi connectivity index (χ4n) is 1.12. The molecule has 0 nitrogen and oxygen atoms in total. The van der Waals surface area contributed by atoms with Crippen LogP contribution in [0.25, 0.3) is 0 Å². The fourth-order valence-corrected chi connectivity index (χ4v) is 1.41. The highest BCUT2D eigenvalue weighted by Crippen LogP contribution is 2.14. The van der Waals surface area contributed by atoms with Crippen LogP contribution in [0.4, 0.5) is 0 Å². The van der Waals surface area contributed by atoms with Gasteiger partial charge in [0.25, 0.3) is 0 Å². The zero-order valence-corrected chi connectivity index (χ0v) is 5.97. The Balaban J connectivity index is 2.27. The standard InChI is InChI=1S/C7H12S/c8-7-5-3-1-2-4-6-7/h1-6H2. The molecule has 0 N–H and O–H groups in total. The van der Waals surface area contributed by atoms with Crippen LogP contribution in [0.2, 0.25) is 0 Å². The van der Waals surface area contributed by atoms with E-state index in [0.29, 0.717) is 0 Å². The van der Waals surface area contributed by atoms with Crippen molar-refractivity contribution in [1.82, 2.24) is 0 Å². The smallest absolute Gasteiger partial charge is 0.00715 e. The first-order valence-electron chi connectivity index (χ1n) is 3.41. The lowest BCUT2D eigenvalue weighted by Gasteiger charge is -1.91. The quantitative estimate of drug-likeness (QED) is 0.357. The topological polar surface area (TPSA) is 0 Å². The van der Waals surface area contributed by atoms with Crippen LogP contribution in [0, 0.1) is 0 Å². The summed E-state index contributed by atoms with van der Waals surface area (Å²) in [6.07, 6.45) is 7.93. The van der Waals surface area contributed by atoms with Crippen molar-refractivity contribution < 1.29 is 0 Å². The van der Waals surface area contributed by atoms with Crippen LogP contribution < -0.4 is 0 Å². The van der Waals surface area contributed by atoms with Gasteiger partial charge in [-0.2, -0.15) is 0 Å². The van der Waals surface area contributed by atoms with Crippen LogP contribution in [0.3, 0.4) is 0 Å². The van der Waals surface area contributed by atoms with E-state index < -0.39 is 0 Å². The second kappa shape index (κ2) is 3.18.